The van der Waals surface area contributed by atoms with Crippen molar-refractivity contribution in [3.63, 3.8) is 0 Å². The summed E-state index contributed by atoms with van der Waals surface area (Å²) < 4.78 is 0. The fourth-order valence-electron chi connectivity index (χ4n) is 3.21. The molecule has 0 bridgehead atoms. The van der Waals surface area contributed by atoms with Crippen molar-refractivity contribution < 1.29 is 9.59 Å². The van der Waals surface area contributed by atoms with Crippen LogP contribution in [0.3, 0.4) is 0 Å². The largest absolute Gasteiger partial charge is 0.340 e. The molecule has 5 heteroatoms. The Morgan fingerprint density at radius 3 is 2.47 bits per heavy atom. The van der Waals surface area contributed by atoms with Crippen molar-refractivity contribution in [2.24, 2.45) is 0 Å². The van der Waals surface area contributed by atoms with Crippen molar-refractivity contribution in [2.45, 2.75) is 57.0 Å². The SMILES string of the molecule is CCC1(C)C(=O)NC2(CCCC2)C(=O)N1CCSC. The summed E-state index contributed by atoms with van der Waals surface area (Å²) >= 11 is 1.72. The number of thioether (sulfide) groups is 1. The topological polar surface area (TPSA) is 49.4 Å². The Labute approximate surface area is 119 Å². The first-order valence-electron chi connectivity index (χ1n) is 7.14. The molecule has 1 unspecified atom stereocenters. The molecule has 2 fully saturated rings. The van der Waals surface area contributed by atoms with Gasteiger partial charge in [-0.05, 0) is 32.4 Å². The molecule has 1 atom stereocenters. The third-order valence-corrected chi connectivity index (χ3v) is 5.35. The molecule has 1 saturated heterocycles. The number of rotatable bonds is 4. The average molecular weight is 284 g/mol. The Balaban J connectivity index is 2.31. The predicted octanol–water partition coefficient (Wildman–Crippen LogP) is 1.79. The molecule has 0 aromatic heterocycles. The van der Waals surface area contributed by atoms with E-state index in [0.29, 0.717) is 13.0 Å². The van der Waals surface area contributed by atoms with E-state index in [-0.39, 0.29) is 11.8 Å². The monoisotopic (exact) mass is 284 g/mol. The van der Waals surface area contributed by atoms with Gasteiger partial charge in [0, 0.05) is 12.3 Å². The van der Waals surface area contributed by atoms with Gasteiger partial charge in [0.25, 0.3) is 0 Å². The van der Waals surface area contributed by atoms with Crippen LogP contribution in [-0.4, -0.2) is 46.3 Å². The summed E-state index contributed by atoms with van der Waals surface area (Å²) in [7, 11) is 0. The van der Waals surface area contributed by atoms with E-state index in [9.17, 15) is 9.59 Å². The maximum atomic E-state index is 12.9. The van der Waals surface area contributed by atoms with E-state index < -0.39 is 11.1 Å². The number of hydrogen-bond donors (Lipinski definition) is 1. The first-order valence-corrected chi connectivity index (χ1v) is 8.53. The van der Waals surface area contributed by atoms with Crippen molar-refractivity contribution in [1.29, 1.82) is 0 Å². The van der Waals surface area contributed by atoms with Crippen LogP contribution < -0.4 is 5.32 Å². The minimum absolute atomic E-state index is 0.0256. The number of amides is 2. The van der Waals surface area contributed by atoms with Crippen LogP contribution in [0.15, 0.2) is 0 Å². The molecule has 1 aliphatic carbocycles. The van der Waals surface area contributed by atoms with Crippen LogP contribution in [0, 0.1) is 0 Å². The van der Waals surface area contributed by atoms with Gasteiger partial charge in [-0.15, -0.1) is 0 Å². The summed E-state index contributed by atoms with van der Waals surface area (Å²) in [5.41, 5.74) is -1.27. The molecule has 1 heterocycles. The van der Waals surface area contributed by atoms with Crippen LogP contribution >= 0.6 is 11.8 Å². The van der Waals surface area contributed by atoms with Crippen LogP contribution in [-0.2, 0) is 9.59 Å². The third kappa shape index (κ3) is 2.26. The lowest BCUT2D eigenvalue weighted by Gasteiger charge is -2.50. The fraction of sp³-hybridized carbons (Fsp3) is 0.857. The Morgan fingerprint density at radius 2 is 1.95 bits per heavy atom. The molecule has 0 radical (unpaired) electrons. The highest BCUT2D eigenvalue weighted by molar-refractivity contribution is 7.98. The van der Waals surface area contributed by atoms with Crippen molar-refractivity contribution in [1.82, 2.24) is 10.2 Å². The van der Waals surface area contributed by atoms with Crippen LogP contribution in [0.2, 0.25) is 0 Å². The fourth-order valence-corrected chi connectivity index (χ4v) is 3.58. The standard InChI is InChI=1S/C14H24N2O2S/c1-4-13(2)11(17)15-14(7-5-6-8-14)12(18)16(13)9-10-19-3/h4-10H2,1-3H3,(H,15,17). The van der Waals surface area contributed by atoms with Gasteiger partial charge in [0.05, 0.1) is 0 Å². The Morgan fingerprint density at radius 1 is 1.32 bits per heavy atom. The highest BCUT2D eigenvalue weighted by Gasteiger charge is 2.56. The van der Waals surface area contributed by atoms with Gasteiger partial charge in [0.15, 0.2) is 0 Å². The summed E-state index contributed by atoms with van der Waals surface area (Å²) in [6.45, 7) is 4.54. The van der Waals surface area contributed by atoms with Crippen LogP contribution in [0.5, 0.6) is 0 Å². The van der Waals surface area contributed by atoms with Gasteiger partial charge in [0.1, 0.15) is 11.1 Å². The molecule has 1 aliphatic heterocycles. The number of hydrogen-bond acceptors (Lipinski definition) is 3. The van der Waals surface area contributed by atoms with E-state index >= 15 is 0 Å². The van der Waals surface area contributed by atoms with Gasteiger partial charge in [-0.2, -0.15) is 11.8 Å². The zero-order valence-electron chi connectivity index (χ0n) is 12.1. The summed E-state index contributed by atoms with van der Waals surface area (Å²) in [5.74, 6) is 1.05. The van der Waals surface area contributed by atoms with Crippen molar-refractivity contribution in [3.8, 4) is 0 Å². The highest BCUT2D eigenvalue weighted by atomic mass is 32.2. The zero-order valence-corrected chi connectivity index (χ0v) is 12.9. The second-order valence-corrected chi connectivity index (χ2v) is 6.81. The van der Waals surface area contributed by atoms with Crippen LogP contribution in [0.4, 0.5) is 0 Å². The third-order valence-electron chi connectivity index (χ3n) is 4.76. The molecule has 0 aromatic carbocycles. The Kier molecular flexibility index (Phi) is 4.14. The number of piperazine rings is 1. The second-order valence-electron chi connectivity index (χ2n) is 5.82. The van der Waals surface area contributed by atoms with Gasteiger partial charge in [-0.25, -0.2) is 0 Å². The predicted molar refractivity (Wildman–Crippen MR) is 78.1 cm³/mol. The van der Waals surface area contributed by atoms with Crippen molar-refractivity contribution in [2.75, 3.05) is 18.6 Å². The van der Waals surface area contributed by atoms with E-state index in [1.54, 1.807) is 11.8 Å². The van der Waals surface area contributed by atoms with Crippen molar-refractivity contribution in [3.05, 3.63) is 0 Å². The molecule has 19 heavy (non-hydrogen) atoms. The highest BCUT2D eigenvalue weighted by Crippen LogP contribution is 2.38. The summed E-state index contributed by atoms with van der Waals surface area (Å²) in [6, 6.07) is 0. The van der Waals surface area contributed by atoms with E-state index in [4.69, 9.17) is 0 Å². The average Bonchev–Trinajstić information content (AvgIpc) is 2.86. The molecule has 2 aliphatic rings. The van der Waals surface area contributed by atoms with E-state index in [1.807, 2.05) is 25.0 Å². The molecule has 1 saturated carbocycles. The van der Waals surface area contributed by atoms with Crippen molar-refractivity contribution >= 4 is 23.6 Å². The first kappa shape index (κ1) is 14.7. The lowest BCUT2D eigenvalue weighted by molar-refractivity contribution is -0.161. The van der Waals surface area contributed by atoms with Gasteiger partial charge in [0.2, 0.25) is 11.8 Å². The number of nitrogens with zero attached hydrogens (tertiary/aromatic N) is 1. The van der Waals surface area contributed by atoms with Gasteiger partial charge < -0.3 is 10.2 Å². The molecular formula is C14H24N2O2S. The first-order chi connectivity index (χ1) is 9.00. The molecule has 1 N–H and O–H groups in total. The van der Waals surface area contributed by atoms with Crippen LogP contribution in [0.25, 0.3) is 0 Å². The molecule has 2 rings (SSSR count). The summed E-state index contributed by atoms with van der Waals surface area (Å²) in [6.07, 6.45) is 6.36. The van der Waals surface area contributed by atoms with Gasteiger partial charge in [-0.3, -0.25) is 9.59 Å². The maximum Gasteiger partial charge on any atom is 0.249 e. The summed E-state index contributed by atoms with van der Waals surface area (Å²) in [5, 5.41) is 3.05. The van der Waals surface area contributed by atoms with Gasteiger partial charge in [-0.1, -0.05) is 19.8 Å². The molecule has 2 amide bonds. The molecule has 108 valence electrons. The Bertz CT molecular complexity index is 380. The quantitative estimate of drug-likeness (QED) is 0.856. The summed E-state index contributed by atoms with van der Waals surface area (Å²) in [4.78, 5) is 27.2. The number of nitrogens with one attached hydrogen (secondary N) is 1. The lowest BCUT2D eigenvalue weighted by atomic mass is 9.83. The number of carbonyl (C=O) groups excluding carboxylic acids is 2. The smallest absolute Gasteiger partial charge is 0.249 e. The molecular weight excluding hydrogens is 260 g/mol. The lowest BCUT2D eigenvalue weighted by Crippen LogP contribution is -2.74. The minimum atomic E-state index is -0.680. The second kappa shape index (κ2) is 5.35. The van der Waals surface area contributed by atoms with Crippen LogP contribution in [0.1, 0.15) is 46.0 Å². The molecule has 4 nitrogen and oxygen atoms in total. The number of carbonyl (C=O) groups is 2. The minimum Gasteiger partial charge on any atom is -0.340 e. The Hall–Kier alpha value is -0.710. The van der Waals surface area contributed by atoms with E-state index in [2.05, 4.69) is 5.32 Å². The van der Waals surface area contributed by atoms with E-state index in [0.717, 1.165) is 31.4 Å². The normalized spacial score (nSPS) is 29.9. The molecule has 0 aromatic rings. The van der Waals surface area contributed by atoms with Gasteiger partial charge >= 0.3 is 0 Å². The van der Waals surface area contributed by atoms with E-state index in [1.165, 1.54) is 0 Å². The zero-order chi connectivity index (χ0) is 14.1. The maximum absolute atomic E-state index is 12.9. The molecule has 1 spiro atoms.